The lowest BCUT2D eigenvalue weighted by atomic mass is 10.2. The largest absolute Gasteiger partial charge is 0.490 e. The van der Waals surface area contributed by atoms with Crippen molar-refractivity contribution < 1.29 is 9.47 Å². The topological polar surface area (TPSA) is 30.5 Å². The molecule has 0 aromatic heterocycles. The van der Waals surface area contributed by atoms with E-state index in [4.69, 9.17) is 21.1 Å². The Bertz CT molecular complexity index is 587. The molecule has 0 bridgehead atoms. The van der Waals surface area contributed by atoms with E-state index >= 15 is 0 Å². The van der Waals surface area contributed by atoms with Crippen molar-refractivity contribution >= 4 is 17.3 Å². The number of anilines is 1. The summed E-state index contributed by atoms with van der Waals surface area (Å²) >= 11 is 5.97. The molecular weight excluding hydrogens is 286 g/mol. The van der Waals surface area contributed by atoms with E-state index in [1.54, 1.807) is 0 Å². The van der Waals surface area contributed by atoms with Crippen molar-refractivity contribution in [1.82, 2.24) is 0 Å². The van der Waals surface area contributed by atoms with E-state index in [1.165, 1.54) is 0 Å². The van der Waals surface area contributed by atoms with Crippen molar-refractivity contribution in [3.63, 3.8) is 0 Å². The van der Waals surface area contributed by atoms with E-state index in [0.717, 1.165) is 27.8 Å². The van der Waals surface area contributed by atoms with Crippen LogP contribution in [0.15, 0.2) is 42.5 Å². The van der Waals surface area contributed by atoms with Crippen LogP contribution in [0.1, 0.15) is 19.4 Å². The van der Waals surface area contributed by atoms with E-state index in [1.807, 2.05) is 56.3 Å². The first-order chi connectivity index (χ1) is 10.2. The summed E-state index contributed by atoms with van der Waals surface area (Å²) in [5.74, 6) is 1.57. The molecule has 0 amide bonds. The van der Waals surface area contributed by atoms with Crippen LogP contribution in [-0.2, 0) is 6.54 Å². The molecule has 2 aromatic rings. The molecule has 0 saturated heterocycles. The molecule has 112 valence electrons. The summed E-state index contributed by atoms with van der Waals surface area (Å²) in [4.78, 5) is 0. The van der Waals surface area contributed by atoms with Gasteiger partial charge in [-0.15, -0.1) is 0 Å². The van der Waals surface area contributed by atoms with Gasteiger partial charge in [0.15, 0.2) is 11.5 Å². The van der Waals surface area contributed by atoms with E-state index in [9.17, 15) is 0 Å². The fourth-order valence-electron chi connectivity index (χ4n) is 2.01. The number of ether oxygens (including phenoxy) is 2. The monoisotopic (exact) mass is 305 g/mol. The van der Waals surface area contributed by atoms with Crippen molar-refractivity contribution in [1.29, 1.82) is 0 Å². The Hall–Kier alpha value is -1.87. The highest BCUT2D eigenvalue weighted by molar-refractivity contribution is 6.30. The quantitative estimate of drug-likeness (QED) is 0.800. The summed E-state index contributed by atoms with van der Waals surface area (Å²) in [5.41, 5.74) is 2.12. The molecule has 3 nitrogen and oxygen atoms in total. The Morgan fingerprint density at radius 1 is 0.952 bits per heavy atom. The van der Waals surface area contributed by atoms with Gasteiger partial charge >= 0.3 is 0 Å². The number of rotatable bonds is 7. The maximum atomic E-state index is 5.97. The first kappa shape index (κ1) is 15.5. The molecule has 0 heterocycles. The van der Waals surface area contributed by atoms with Gasteiger partial charge in [0.1, 0.15) is 0 Å². The second kappa shape index (κ2) is 7.79. The lowest BCUT2D eigenvalue weighted by Gasteiger charge is -2.13. The Kier molecular flexibility index (Phi) is 5.76. The van der Waals surface area contributed by atoms with Gasteiger partial charge < -0.3 is 14.8 Å². The predicted octanol–water partition coefficient (Wildman–Crippen LogP) is 4.75. The van der Waals surface area contributed by atoms with E-state index in [2.05, 4.69) is 5.32 Å². The molecule has 0 aliphatic heterocycles. The maximum Gasteiger partial charge on any atom is 0.161 e. The zero-order chi connectivity index (χ0) is 15.1. The highest BCUT2D eigenvalue weighted by Crippen LogP contribution is 2.29. The van der Waals surface area contributed by atoms with E-state index in [-0.39, 0.29) is 0 Å². The lowest BCUT2D eigenvalue weighted by molar-refractivity contribution is 0.287. The molecule has 0 atom stereocenters. The van der Waals surface area contributed by atoms with Crippen LogP contribution in [0.3, 0.4) is 0 Å². The van der Waals surface area contributed by atoms with Crippen LogP contribution in [0, 0.1) is 0 Å². The predicted molar refractivity (Wildman–Crippen MR) is 87.6 cm³/mol. The molecule has 2 rings (SSSR count). The minimum absolute atomic E-state index is 0.616. The summed E-state index contributed by atoms with van der Waals surface area (Å²) in [5, 5.41) is 4.07. The van der Waals surface area contributed by atoms with Crippen molar-refractivity contribution in [2.45, 2.75) is 20.4 Å². The second-order valence-electron chi connectivity index (χ2n) is 4.51. The van der Waals surface area contributed by atoms with Gasteiger partial charge in [0, 0.05) is 17.3 Å². The van der Waals surface area contributed by atoms with Gasteiger partial charge in [0.2, 0.25) is 0 Å². The van der Waals surface area contributed by atoms with Crippen LogP contribution >= 0.6 is 11.6 Å². The van der Waals surface area contributed by atoms with Gasteiger partial charge in [-0.05, 0) is 49.7 Å². The molecule has 0 saturated carbocycles. The van der Waals surface area contributed by atoms with Crippen LogP contribution < -0.4 is 14.8 Å². The fourth-order valence-corrected chi connectivity index (χ4v) is 2.20. The standard InChI is InChI=1S/C17H20ClNO2/c1-3-20-16-9-8-13(10-17(16)21-4-2)12-19-15-7-5-6-14(18)11-15/h5-11,19H,3-4,12H2,1-2H3. The SMILES string of the molecule is CCOc1ccc(CNc2cccc(Cl)c2)cc1OCC. The summed E-state index contributed by atoms with van der Waals surface area (Å²) in [6, 6.07) is 13.7. The van der Waals surface area contributed by atoms with Crippen molar-refractivity contribution in [2.75, 3.05) is 18.5 Å². The first-order valence-corrected chi connectivity index (χ1v) is 7.48. The Morgan fingerprint density at radius 3 is 2.43 bits per heavy atom. The summed E-state index contributed by atoms with van der Waals surface area (Å²) in [6.45, 7) is 5.87. The van der Waals surface area contributed by atoms with Crippen LogP contribution in [0.5, 0.6) is 11.5 Å². The van der Waals surface area contributed by atoms with Crippen LogP contribution in [0.4, 0.5) is 5.69 Å². The number of hydrogen-bond acceptors (Lipinski definition) is 3. The highest BCUT2D eigenvalue weighted by Gasteiger charge is 2.06. The molecule has 4 heteroatoms. The van der Waals surface area contributed by atoms with Gasteiger partial charge in [-0.25, -0.2) is 0 Å². The van der Waals surface area contributed by atoms with Gasteiger partial charge in [-0.1, -0.05) is 23.7 Å². The fraction of sp³-hybridized carbons (Fsp3) is 0.294. The highest BCUT2D eigenvalue weighted by atomic mass is 35.5. The third kappa shape index (κ3) is 4.57. The molecule has 1 N–H and O–H groups in total. The lowest BCUT2D eigenvalue weighted by Crippen LogP contribution is -2.02. The molecule has 0 aliphatic rings. The third-order valence-electron chi connectivity index (χ3n) is 2.93. The molecule has 2 aromatic carbocycles. The van der Waals surface area contributed by atoms with Crippen LogP contribution in [-0.4, -0.2) is 13.2 Å². The molecular formula is C17H20ClNO2. The molecule has 0 spiro atoms. The normalized spacial score (nSPS) is 10.2. The van der Waals surface area contributed by atoms with E-state index < -0.39 is 0 Å². The summed E-state index contributed by atoms with van der Waals surface area (Å²) in [6.07, 6.45) is 0. The van der Waals surface area contributed by atoms with Gasteiger partial charge in [0.25, 0.3) is 0 Å². The van der Waals surface area contributed by atoms with Crippen molar-refractivity contribution in [3.8, 4) is 11.5 Å². The van der Waals surface area contributed by atoms with Crippen LogP contribution in [0.25, 0.3) is 0 Å². The molecule has 0 unspecified atom stereocenters. The maximum absolute atomic E-state index is 5.97. The minimum Gasteiger partial charge on any atom is -0.490 e. The van der Waals surface area contributed by atoms with Gasteiger partial charge in [-0.3, -0.25) is 0 Å². The third-order valence-corrected chi connectivity index (χ3v) is 3.16. The van der Waals surface area contributed by atoms with Gasteiger partial charge in [0.05, 0.1) is 13.2 Å². The zero-order valence-corrected chi connectivity index (χ0v) is 13.1. The molecule has 0 aliphatic carbocycles. The van der Waals surface area contributed by atoms with Crippen LogP contribution in [0.2, 0.25) is 5.02 Å². The smallest absolute Gasteiger partial charge is 0.161 e. The number of nitrogens with one attached hydrogen (secondary N) is 1. The Morgan fingerprint density at radius 2 is 1.71 bits per heavy atom. The molecule has 0 fully saturated rings. The zero-order valence-electron chi connectivity index (χ0n) is 12.4. The second-order valence-corrected chi connectivity index (χ2v) is 4.95. The minimum atomic E-state index is 0.616. The number of benzene rings is 2. The molecule has 21 heavy (non-hydrogen) atoms. The number of hydrogen-bond donors (Lipinski definition) is 1. The van der Waals surface area contributed by atoms with E-state index in [0.29, 0.717) is 19.8 Å². The average molecular weight is 306 g/mol. The first-order valence-electron chi connectivity index (χ1n) is 7.11. The summed E-state index contributed by atoms with van der Waals surface area (Å²) in [7, 11) is 0. The van der Waals surface area contributed by atoms with Crippen molar-refractivity contribution in [2.24, 2.45) is 0 Å². The number of halogens is 1. The van der Waals surface area contributed by atoms with Crippen molar-refractivity contribution in [3.05, 3.63) is 53.1 Å². The van der Waals surface area contributed by atoms with Gasteiger partial charge in [-0.2, -0.15) is 0 Å². The summed E-state index contributed by atoms with van der Waals surface area (Å²) < 4.78 is 11.2. The Labute approximate surface area is 130 Å². The molecule has 0 radical (unpaired) electrons. The average Bonchev–Trinajstić information content (AvgIpc) is 2.48. The Balaban J connectivity index is 2.07.